The van der Waals surface area contributed by atoms with Crippen molar-refractivity contribution in [2.75, 3.05) is 13.2 Å². The van der Waals surface area contributed by atoms with Gasteiger partial charge in [0.05, 0.1) is 11.5 Å². The summed E-state index contributed by atoms with van der Waals surface area (Å²) in [5.74, 6) is 0. The lowest BCUT2D eigenvalue weighted by molar-refractivity contribution is 0.274. The molecule has 1 aromatic carbocycles. The van der Waals surface area contributed by atoms with Crippen molar-refractivity contribution in [1.29, 1.82) is 0 Å². The largest absolute Gasteiger partial charge is 0.396 e. The third kappa shape index (κ3) is 7.07. The second-order valence-electron chi connectivity index (χ2n) is 5.16. The molecule has 0 atom stereocenters. The number of unbranched alkanes of at least 4 members (excludes halogenated alkanes) is 4. The van der Waals surface area contributed by atoms with Gasteiger partial charge in [-0.1, -0.05) is 38.3 Å². The highest BCUT2D eigenvalue weighted by molar-refractivity contribution is 7.86. The maximum Gasteiger partial charge on any atom is 0.296 e. The Bertz CT molecular complexity index is 497. The van der Waals surface area contributed by atoms with E-state index in [0.717, 1.165) is 44.1 Å². The van der Waals surface area contributed by atoms with Gasteiger partial charge in [-0.05, 0) is 43.4 Å². The predicted octanol–water partition coefficient (Wildman–Crippen LogP) is 3.29. The van der Waals surface area contributed by atoms with Crippen molar-refractivity contribution in [2.24, 2.45) is 0 Å². The Hall–Kier alpha value is -0.910. The van der Waals surface area contributed by atoms with E-state index in [2.05, 4.69) is 6.92 Å². The van der Waals surface area contributed by atoms with Crippen LogP contribution in [0.3, 0.4) is 0 Å². The first kappa shape index (κ1) is 18.1. The quantitative estimate of drug-likeness (QED) is 0.503. The van der Waals surface area contributed by atoms with Gasteiger partial charge in [-0.2, -0.15) is 8.42 Å². The standard InChI is InChI=1S/C16H26O4S/c1-2-3-9-15-10-8-11-16(14-15)21(18,19)20-13-7-5-4-6-12-17/h8,10-11,14,17H,2-7,9,12-13H2,1H3. The van der Waals surface area contributed by atoms with Gasteiger partial charge in [-0.3, -0.25) is 4.18 Å². The highest BCUT2D eigenvalue weighted by atomic mass is 32.2. The fourth-order valence-corrected chi connectivity index (χ4v) is 3.06. The van der Waals surface area contributed by atoms with E-state index in [1.54, 1.807) is 18.2 Å². The second kappa shape index (κ2) is 9.92. The Kier molecular flexibility index (Phi) is 8.57. The molecule has 5 heteroatoms. The lowest BCUT2D eigenvalue weighted by Crippen LogP contribution is -2.08. The summed E-state index contributed by atoms with van der Waals surface area (Å²) in [5.41, 5.74) is 1.03. The third-order valence-electron chi connectivity index (χ3n) is 3.30. The number of benzene rings is 1. The molecular weight excluding hydrogens is 288 g/mol. The SMILES string of the molecule is CCCCc1cccc(S(=O)(=O)OCCCCCCO)c1. The lowest BCUT2D eigenvalue weighted by Gasteiger charge is -2.07. The molecule has 21 heavy (non-hydrogen) atoms. The molecule has 0 fully saturated rings. The molecule has 120 valence electrons. The van der Waals surface area contributed by atoms with E-state index in [4.69, 9.17) is 9.29 Å². The zero-order valence-electron chi connectivity index (χ0n) is 12.8. The Morgan fingerprint density at radius 2 is 1.86 bits per heavy atom. The molecule has 4 nitrogen and oxygen atoms in total. The van der Waals surface area contributed by atoms with Crippen LogP contribution in [0.2, 0.25) is 0 Å². The van der Waals surface area contributed by atoms with Gasteiger partial charge in [0.25, 0.3) is 10.1 Å². The molecule has 0 spiro atoms. The van der Waals surface area contributed by atoms with E-state index in [9.17, 15) is 8.42 Å². The monoisotopic (exact) mass is 314 g/mol. The van der Waals surface area contributed by atoms with Crippen LogP contribution < -0.4 is 0 Å². The van der Waals surface area contributed by atoms with Gasteiger partial charge in [-0.15, -0.1) is 0 Å². The maximum atomic E-state index is 12.1. The van der Waals surface area contributed by atoms with Crippen LogP contribution >= 0.6 is 0 Å². The molecular formula is C16H26O4S. The summed E-state index contributed by atoms with van der Waals surface area (Å²) in [6, 6.07) is 7.00. The Morgan fingerprint density at radius 1 is 1.10 bits per heavy atom. The highest BCUT2D eigenvalue weighted by Gasteiger charge is 2.15. The van der Waals surface area contributed by atoms with Crippen molar-refractivity contribution in [1.82, 2.24) is 0 Å². The number of aliphatic hydroxyl groups excluding tert-OH is 1. The minimum atomic E-state index is -3.65. The number of hydrogen-bond donors (Lipinski definition) is 1. The van der Waals surface area contributed by atoms with Gasteiger partial charge < -0.3 is 5.11 Å². The van der Waals surface area contributed by atoms with Crippen LogP contribution in [0.1, 0.15) is 51.0 Å². The van der Waals surface area contributed by atoms with Crippen molar-refractivity contribution >= 4 is 10.1 Å². The van der Waals surface area contributed by atoms with Crippen LogP contribution in [0.25, 0.3) is 0 Å². The van der Waals surface area contributed by atoms with Crippen molar-refractivity contribution < 1.29 is 17.7 Å². The van der Waals surface area contributed by atoms with E-state index in [-0.39, 0.29) is 18.1 Å². The first-order chi connectivity index (χ1) is 10.1. The van der Waals surface area contributed by atoms with E-state index in [0.29, 0.717) is 6.42 Å². The second-order valence-corrected chi connectivity index (χ2v) is 6.78. The van der Waals surface area contributed by atoms with Crippen LogP contribution in [0.5, 0.6) is 0 Å². The minimum absolute atomic E-state index is 0.184. The fraction of sp³-hybridized carbons (Fsp3) is 0.625. The summed E-state index contributed by atoms with van der Waals surface area (Å²) in [7, 11) is -3.65. The molecule has 0 radical (unpaired) electrons. The first-order valence-electron chi connectivity index (χ1n) is 7.69. The Morgan fingerprint density at radius 3 is 2.57 bits per heavy atom. The molecule has 0 aliphatic rings. The molecule has 0 saturated carbocycles. The first-order valence-corrected chi connectivity index (χ1v) is 9.10. The fourth-order valence-electron chi connectivity index (χ4n) is 2.04. The van der Waals surface area contributed by atoms with E-state index in [1.807, 2.05) is 6.07 Å². The van der Waals surface area contributed by atoms with Crippen molar-refractivity contribution in [3.8, 4) is 0 Å². The van der Waals surface area contributed by atoms with E-state index < -0.39 is 10.1 Å². The van der Waals surface area contributed by atoms with Gasteiger partial charge in [0.15, 0.2) is 0 Å². The van der Waals surface area contributed by atoms with Crippen LogP contribution in [-0.4, -0.2) is 26.7 Å². The summed E-state index contributed by atoms with van der Waals surface area (Å²) in [6.45, 7) is 2.50. The van der Waals surface area contributed by atoms with Gasteiger partial charge in [0.1, 0.15) is 0 Å². The number of aryl methyl sites for hydroxylation is 1. The van der Waals surface area contributed by atoms with E-state index >= 15 is 0 Å². The smallest absolute Gasteiger partial charge is 0.296 e. The molecule has 0 amide bonds. The Balaban J connectivity index is 2.49. The lowest BCUT2D eigenvalue weighted by atomic mass is 10.1. The number of aliphatic hydroxyl groups is 1. The van der Waals surface area contributed by atoms with Crippen molar-refractivity contribution in [2.45, 2.75) is 56.8 Å². The average Bonchev–Trinajstić information content (AvgIpc) is 2.49. The predicted molar refractivity (Wildman–Crippen MR) is 83.7 cm³/mol. The molecule has 1 rings (SSSR count). The summed E-state index contributed by atoms with van der Waals surface area (Å²) in [4.78, 5) is 0.242. The van der Waals surface area contributed by atoms with Gasteiger partial charge in [0.2, 0.25) is 0 Å². The molecule has 1 aromatic rings. The van der Waals surface area contributed by atoms with Crippen LogP contribution in [0.4, 0.5) is 0 Å². The molecule has 0 aromatic heterocycles. The summed E-state index contributed by atoms with van der Waals surface area (Å²) in [5, 5.41) is 8.66. The molecule has 1 N–H and O–H groups in total. The zero-order valence-corrected chi connectivity index (χ0v) is 13.6. The van der Waals surface area contributed by atoms with Crippen molar-refractivity contribution in [3.05, 3.63) is 29.8 Å². The maximum absolute atomic E-state index is 12.1. The average molecular weight is 314 g/mol. The summed E-state index contributed by atoms with van der Waals surface area (Å²) < 4.78 is 29.2. The normalized spacial score (nSPS) is 11.7. The van der Waals surface area contributed by atoms with Gasteiger partial charge in [-0.25, -0.2) is 0 Å². The van der Waals surface area contributed by atoms with Crippen molar-refractivity contribution in [3.63, 3.8) is 0 Å². The van der Waals surface area contributed by atoms with Gasteiger partial charge >= 0.3 is 0 Å². The van der Waals surface area contributed by atoms with Crippen LogP contribution in [0.15, 0.2) is 29.2 Å². The molecule has 0 aliphatic heterocycles. The molecule has 0 aliphatic carbocycles. The minimum Gasteiger partial charge on any atom is -0.396 e. The molecule has 0 saturated heterocycles. The van der Waals surface area contributed by atoms with Crippen LogP contribution in [-0.2, 0) is 20.7 Å². The number of hydrogen-bond acceptors (Lipinski definition) is 4. The van der Waals surface area contributed by atoms with Crippen LogP contribution in [0, 0.1) is 0 Å². The topological polar surface area (TPSA) is 63.6 Å². The number of rotatable bonds is 11. The molecule has 0 bridgehead atoms. The third-order valence-corrected chi connectivity index (χ3v) is 4.61. The highest BCUT2D eigenvalue weighted by Crippen LogP contribution is 2.16. The van der Waals surface area contributed by atoms with E-state index in [1.165, 1.54) is 0 Å². The molecule has 0 heterocycles. The molecule has 0 unspecified atom stereocenters. The van der Waals surface area contributed by atoms with Gasteiger partial charge in [0, 0.05) is 6.61 Å². The Labute approximate surface area is 128 Å². The summed E-state index contributed by atoms with van der Waals surface area (Å²) >= 11 is 0. The zero-order chi connectivity index (χ0) is 15.6. The summed E-state index contributed by atoms with van der Waals surface area (Å²) in [6.07, 6.45) is 6.23.